The Morgan fingerprint density at radius 1 is 1.12 bits per heavy atom. The van der Waals surface area contributed by atoms with Gasteiger partial charge in [-0.05, 0) is 35.6 Å². The maximum absolute atomic E-state index is 12.1. The molecule has 1 N–H and O–H groups in total. The summed E-state index contributed by atoms with van der Waals surface area (Å²) in [6.07, 6.45) is 1.46. The number of rotatable bonds is 6. The first-order valence-corrected chi connectivity index (χ1v) is 8.55. The first-order chi connectivity index (χ1) is 12.2. The molecular weight excluding hydrogens is 316 g/mol. The van der Waals surface area contributed by atoms with E-state index in [1.165, 1.54) is 5.56 Å². The molecule has 2 aromatic carbocycles. The second-order valence-corrected chi connectivity index (χ2v) is 6.81. The van der Waals surface area contributed by atoms with Gasteiger partial charge in [-0.3, -0.25) is 14.7 Å². The number of carbonyl (C=O) groups is 1. The van der Waals surface area contributed by atoms with Gasteiger partial charge in [0.1, 0.15) is 0 Å². The maximum atomic E-state index is 12.1. The molecule has 4 rings (SSSR count). The van der Waals surface area contributed by atoms with E-state index in [0.29, 0.717) is 24.5 Å². The molecule has 0 saturated carbocycles. The van der Waals surface area contributed by atoms with Crippen LogP contribution >= 0.6 is 0 Å². The second kappa shape index (κ2) is 6.69. The van der Waals surface area contributed by atoms with Gasteiger partial charge < -0.3 is 4.42 Å². The van der Waals surface area contributed by atoms with Crippen LogP contribution in [0.2, 0.25) is 0 Å². The van der Waals surface area contributed by atoms with Crippen molar-refractivity contribution < 1.29 is 9.21 Å². The third-order valence-electron chi connectivity index (χ3n) is 4.68. The van der Waals surface area contributed by atoms with Crippen LogP contribution in [-0.2, 0) is 17.6 Å². The highest BCUT2D eigenvalue weighted by molar-refractivity contribution is 5.82. The molecule has 2 heterocycles. The highest BCUT2D eigenvalue weighted by Crippen LogP contribution is 2.22. The molecule has 1 aliphatic rings. The van der Waals surface area contributed by atoms with Gasteiger partial charge in [-0.2, -0.15) is 0 Å². The summed E-state index contributed by atoms with van der Waals surface area (Å²) in [4.78, 5) is 28.2. The number of ketones is 1. The summed E-state index contributed by atoms with van der Waals surface area (Å²) >= 11 is 0. The lowest BCUT2D eigenvalue weighted by atomic mass is 9.91. The van der Waals surface area contributed by atoms with E-state index in [9.17, 15) is 9.59 Å². The van der Waals surface area contributed by atoms with Gasteiger partial charge in [0.2, 0.25) is 0 Å². The van der Waals surface area contributed by atoms with Crippen LogP contribution in [0.1, 0.15) is 11.1 Å². The molecule has 1 fully saturated rings. The van der Waals surface area contributed by atoms with Crippen LogP contribution in [0, 0.1) is 5.92 Å². The number of hydrogen-bond donors (Lipinski definition) is 1. The minimum absolute atomic E-state index is 0.266. The number of nitrogens with one attached hydrogen (secondary N) is 1. The van der Waals surface area contributed by atoms with E-state index in [1.54, 1.807) is 0 Å². The largest absolute Gasteiger partial charge is 0.417 e. The van der Waals surface area contributed by atoms with Crippen molar-refractivity contribution >= 4 is 16.9 Å². The number of oxazole rings is 1. The van der Waals surface area contributed by atoms with Crippen LogP contribution in [-0.4, -0.2) is 35.3 Å². The lowest BCUT2D eigenvalue weighted by Gasteiger charge is -2.39. The summed E-state index contributed by atoms with van der Waals surface area (Å²) in [5.74, 6) is 0.404. The van der Waals surface area contributed by atoms with E-state index in [0.717, 1.165) is 30.6 Å². The monoisotopic (exact) mass is 336 g/mol. The fourth-order valence-electron chi connectivity index (χ4n) is 3.52. The van der Waals surface area contributed by atoms with E-state index in [4.69, 9.17) is 4.42 Å². The minimum Gasteiger partial charge on any atom is -0.408 e. The van der Waals surface area contributed by atoms with Crippen LogP contribution in [0.4, 0.5) is 0 Å². The van der Waals surface area contributed by atoms with Crippen molar-refractivity contribution in [3.8, 4) is 0 Å². The molecule has 0 aliphatic carbocycles. The van der Waals surface area contributed by atoms with Crippen LogP contribution in [0.25, 0.3) is 11.1 Å². The van der Waals surface area contributed by atoms with Crippen molar-refractivity contribution in [2.45, 2.75) is 12.8 Å². The van der Waals surface area contributed by atoms with Gasteiger partial charge in [0, 0.05) is 19.5 Å². The number of hydrogen-bond acceptors (Lipinski definition) is 4. The summed E-state index contributed by atoms with van der Waals surface area (Å²) in [6, 6.07) is 15.7. The van der Waals surface area contributed by atoms with Crippen molar-refractivity contribution in [1.29, 1.82) is 0 Å². The van der Waals surface area contributed by atoms with Gasteiger partial charge in [-0.1, -0.05) is 36.4 Å². The summed E-state index contributed by atoms with van der Waals surface area (Å²) in [6.45, 7) is 2.42. The van der Waals surface area contributed by atoms with Gasteiger partial charge in [-0.25, -0.2) is 4.79 Å². The fourth-order valence-corrected chi connectivity index (χ4v) is 3.52. The van der Waals surface area contributed by atoms with Gasteiger partial charge in [0.15, 0.2) is 11.4 Å². The second-order valence-electron chi connectivity index (χ2n) is 6.81. The minimum atomic E-state index is -0.418. The summed E-state index contributed by atoms with van der Waals surface area (Å²) in [5.41, 5.74) is 3.60. The number of Topliss-reactive ketones (excluding diaryl/α,β-unsaturated/α-hetero) is 1. The first-order valence-electron chi connectivity index (χ1n) is 8.55. The number of H-pyrrole nitrogens is 1. The van der Waals surface area contributed by atoms with E-state index in [-0.39, 0.29) is 5.78 Å². The molecule has 1 aliphatic heterocycles. The van der Waals surface area contributed by atoms with Crippen LogP contribution in [0.15, 0.2) is 57.7 Å². The number of likely N-dealkylation sites (tertiary alicyclic amines) is 1. The Morgan fingerprint density at radius 3 is 2.72 bits per heavy atom. The summed E-state index contributed by atoms with van der Waals surface area (Å²) < 4.78 is 5.02. The molecule has 0 bridgehead atoms. The summed E-state index contributed by atoms with van der Waals surface area (Å²) in [7, 11) is 0. The molecule has 3 aromatic rings. The molecule has 5 heteroatoms. The highest BCUT2D eigenvalue weighted by atomic mass is 16.4. The molecular formula is C20H20N2O3. The molecule has 25 heavy (non-hydrogen) atoms. The smallest absolute Gasteiger partial charge is 0.408 e. The van der Waals surface area contributed by atoms with Gasteiger partial charge >= 0.3 is 5.76 Å². The van der Waals surface area contributed by atoms with E-state index in [1.807, 2.05) is 48.5 Å². The number of aromatic nitrogens is 1. The lowest BCUT2D eigenvalue weighted by molar-refractivity contribution is -0.121. The Hall–Kier alpha value is -2.66. The SMILES string of the molecule is O=C(Cc1ccccc1)CN1CC(Cc2ccc3oc(=O)[nH]c3c2)C1. The molecule has 0 unspecified atom stereocenters. The Kier molecular flexibility index (Phi) is 4.24. The first kappa shape index (κ1) is 15.8. The third kappa shape index (κ3) is 3.72. The third-order valence-corrected chi connectivity index (χ3v) is 4.68. The quantitative estimate of drug-likeness (QED) is 0.751. The average Bonchev–Trinajstić information content (AvgIpc) is 2.93. The lowest BCUT2D eigenvalue weighted by Crippen LogP contribution is -2.49. The standard InChI is InChI=1S/C20H20N2O3/c23-17(9-14-4-2-1-3-5-14)13-22-11-16(12-22)8-15-6-7-19-18(10-15)21-20(24)25-19/h1-7,10,16H,8-9,11-13H2,(H,21,24). The zero-order valence-electron chi connectivity index (χ0n) is 13.9. The van der Waals surface area contributed by atoms with Gasteiger partial charge in [0.25, 0.3) is 0 Å². The number of nitrogens with zero attached hydrogens (tertiary/aromatic N) is 1. The number of aromatic amines is 1. The topological polar surface area (TPSA) is 66.3 Å². The average molecular weight is 336 g/mol. The number of fused-ring (bicyclic) bond motifs is 1. The Bertz CT molecular complexity index is 936. The molecule has 1 saturated heterocycles. The zero-order valence-corrected chi connectivity index (χ0v) is 13.9. The van der Waals surface area contributed by atoms with Crippen LogP contribution < -0.4 is 5.76 Å². The molecule has 0 spiro atoms. The van der Waals surface area contributed by atoms with E-state index < -0.39 is 5.76 Å². The molecule has 128 valence electrons. The van der Waals surface area contributed by atoms with Crippen molar-refractivity contribution in [2.24, 2.45) is 5.92 Å². The van der Waals surface area contributed by atoms with Crippen molar-refractivity contribution in [3.05, 3.63) is 70.2 Å². The molecule has 1 aromatic heterocycles. The van der Waals surface area contributed by atoms with Crippen LogP contribution in [0.5, 0.6) is 0 Å². The fraction of sp³-hybridized carbons (Fsp3) is 0.300. The molecule has 0 radical (unpaired) electrons. The molecule has 0 atom stereocenters. The van der Waals surface area contributed by atoms with Crippen LogP contribution in [0.3, 0.4) is 0 Å². The predicted octanol–water partition coefficient (Wildman–Crippen LogP) is 2.41. The van der Waals surface area contributed by atoms with Crippen molar-refractivity contribution in [1.82, 2.24) is 9.88 Å². The number of benzene rings is 2. The maximum Gasteiger partial charge on any atom is 0.417 e. The Labute approximate surface area is 145 Å². The van der Waals surface area contributed by atoms with Gasteiger partial charge in [0.05, 0.1) is 12.1 Å². The number of carbonyl (C=O) groups excluding carboxylic acids is 1. The predicted molar refractivity (Wildman–Crippen MR) is 95.6 cm³/mol. The van der Waals surface area contributed by atoms with Crippen molar-refractivity contribution in [2.75, 3.05) is 19.6 Å². The summed E-state index contributed by atoms with van der Waals surface area (Å²) in [5, 5.41) is 0. The normalized spacial score (nSPS) is 15.4. The molecule has 0 amide bonds. The van der Waals surface area contributed by atoms with E-state index in [2.05, 4.69) is 9.88 Å². The van der Waals surface area contributed by atoms with Crippen molar-refractivity contribution in [3.63, 3.8) is 0 Å². The van der Waals surface area contributed by atoms with Gasteiger partial charge in [-0.15, -0.1) is 0 Å². The zero-order chi connectivity index (χ0) is 17.2. The molecule has 5 nitrogen and oxygen atoms in total. The Balaban J connectivity index is 1.27. The highest BCUT2D eigenvalue weighted by Gasteiger charge is 2.28. The Morgan fingerprint density at radius 2 is 1.92 bits per heavy atom. The van der Waals surface area contributed by atoms with E-state index >= 15 is 0 Å².